The van der Waals surface area contributed by atoms with Gasteiger partial charge in [-0.15, -0.1) is 0 Å². The number of carbonyl (C=O) groups excluding carboxylic acids is 3. The third-order valence-corrected chi connectivity index (χ3v) is 15.0. The van der Waals surface area contributed by atoms with Gasteiger partial charge in [-0.2, -0.15) is 0 Å². The Kier molecular flexibility index (Phi) is 60.2. The first-order chi connectivity index (χ1) is 39.6. The van der Waals surface area contributed by atoms with Crippen LogP contribution in [0.1, 0.15) is 309 Å². The molecule has 0 heterocycles. The molecule has 0 aromatic carbocycles. The van der Waals surface area contributed by atoms with E-state index in [1.54, 1.807) is 0 Å². The number of unbranched alkanes of at least 4 members (excludes halogenated alkanes) is 36. The van der Waals surface area contributed by atoms with Gasteiger partial charge < -0.3 is 33.3 Å². The molecule has 0 radical (unpaired) electrons. The molecule has 0 aliphatic rings. The van der Waals surface area contributed by atoms with Gasteiger partial charge in [-0.25, -0.2) is 0 Å². The second kappa shape index (κ2) is 62.8. The van der Waals surface area contributed by atoms with Gasteiger partial charge in [0.2, 0.25) is 0 Å². The van der Waals surface area contributed by atoms with Gasteiger partial charge in [0.1, 0.15) is 13.2 Å². The van der Waals surface area contributed by atoms with Crippen LogP contribution in [0.2, 0.25) is 0 Å². The van der Waals surface area contributed by atoms with E-state index in [1.807, 2.05) is 21.1 Å². The molecule has 0 bridgehead atoms. The number of likely N-dealkylation sites (N-methyl/N-ethyl adjacent to an activating group) is 1. The standard InChI is InChI=1S/C72H129NO8/c1-6-8-10-12-14-16-18-20-22-24-26-28-29-30-31-32-33-34-35-36-37-38-39-40-41-43-44-46-48-50-52-54-56-58-60-62-69(74)79-66-68(67-80-72(71(76)77)78-65-64-73(3,4)5)81-70(75)63-61-59-57-55-53-51-49-47-45-42-27-25-23-21-19-17-15-13-11-9-7-2/h9,11,15,17,21,23,27,42,47,49,53,55,68,72H,6-8,10,12-14,16,18-20,22,24-26,28-41,43-46,48,50-52,54,56-67H2,1-5H3/b11-9-,17-15-,23-21-,42-27-,49-47-,55-53-. The molecule has 9 nitrogen and oxygen atoms in total. The number of esters is 2. The SMILES string of the molecule is CC/C=C\C/C=C\C/C=C\C/C=C\C/C=C\C/C=C\CCCCC(=O)OC(COC(=O)CCCCCCCCCCCCCCCCCCCCCCCCCCCCCCCCCCCCC)COC(OCC[N+](C)(C)C)C(=O)[O-]. The molecule has 0 amide bonds. The summed E-state index contributed by atoms with van der Waals surface area (Å²) in [5.74, 6) is -2.33. The number of nitrogens with zero attached hydrogens (tertiary/aromatic N) is 1. The number of hydrogen-bond donors (Lipinski definition) is 0. The van der Waals surface area contributed by atoms with Crippen LogP contribution in [-0.4, -0.2) is 82.3 Å². The van der Waals surface area contributed by atoms with Crippen molar-refractivity contribution in [1.29, 1.82) is 0 Å². The molecule has 0 aliphatic carbocycles. The molecule has 0 saturated heterocycles. The van der Waals surface area contributed by atoms with Crippen LogP contribution in [0.15, 0.2) is 72.9 Å². The Hall–Kier alpha value is -3.27. The Morgan fingerprint density at radius 2 is 0.704 bits per heavy atom. The van der Waals surface area contributed by atoms with Gasteiger partial charge in [-0.3, -0.25) is 9.59 Å². The van der Waals surface area contributed by atoms with Gasteiger partial charge in [0, 0.05) is 12.8 Å². The minimum absolute atomic E-state index is 0.137. The normalized spacial score (nSPS) is 13.1. The molecule has 0 fully saturated rings. The summed E-state index contributed by atoms with van der Waals surface area (Å²) >= 11 is 0. The van der Waals surface area contributed by atoms with Crippen LogP contribution in [0.5, 0.6) is 0 Å². The van der Waals surface area contributed by atoms with E-state index in [0.29, 0.717) is 17.4 Å². The predicted octanol–water partition coefficient (Wildman–Crippen LogP) is 19.6. The molecule has 0 aromatic heterocycles. The minimum Gasteiger partial charge on any atom is -0.545 e. The summed E-state index contributed by atoms with van der Waals surface area (Å²) in [6.07, 6.45) is 80.1. The summed E-state index contributed by atoms with van der Waals surface area (Å²) < 4.78 is 22.7. The number of carbonyl (C=O) groups is 3. The second-order valence-electron chi connectivity index (χ2n) is 24.1. The van der Waals surface area contributed by atoms with E-state index in [0.717, 1.165) is 70.6 Å². The van der Waals surface area contributed by atoms with Gasteiger partial charge in [0.05, 0.1) is 40.3 Å². The second-order valence-corrected chi connectivity index (χ2v) is 24.1. The third kappa shape index (κ3) is 64.1. The minimum atomic E-state index is -1.64. The Balaban J connectivity index is 4.08. The average Bonchev–Trinajstić information content (AvgIpc) is 3.44. The lowest BCUT2D eigenvalue weighted by atomic mass is 10.0. The number of ether oxygens (including phenoxy) is 4. The van der Waals surface area contributed by atoms with Gasteiger partial charge in [-0.05, 0) is 64.2 Å². The zero-order valence-corrected chi connectivity index (χ0v) is 53.7. The van der Waals surface area contributed by atoms with Gasteiger partial charge >= 0.3 is 11.9 Å². The van der Waals surface area contributed by atoms with Crippen molar-refractivity contribution in [1.82, 2.24) is 0 Å². The Morgan fingerprint density at radius 1 is 0.383 bits per heavy atom. The average molecular weight is 1140 g/mol. The number of carboxylic acid groups (broad SMARTS) is 1. The van der Waals surface area contributed by atoms with Gasteiger partial charge in [-0.1, -0.05) is 305 Å². The van der Waals surface area contributed by atoms with Gasteiger partial charge in [0.25, 0.3) is 0 Å². The van der Waals surface area contributed by atoms with Crippen molar-refractivity contribution in [3.8, 4) is 0 Å². The van der Waals surface area contributed by atoms with Crippen LogP contribution in [0.4, 0.5) is 0 Å². The monoisotopic (exact) mass is 1140 g/mol. The van der Waals surface area contributed by atoms with E-state index >= 15 is 0 Å². The molecule has 470 valence electrons. The fraction of sp³-hybridized carbons (Fsp3) is 0.792. The molecule has 0 N–H and O–H groups in total. The van der Waals surface area contributed by atoms with E-state index < -0.39 is 24.3 Å². The van der Waals surface area contributed by atoms with Crippen molar-refractivity contribution < 1.29 is 42.9 Å². The number of allylic oxidation sites excluding steroid dienone is 12. The zero-order valence-electron chi connectivity index (χ0n) is 53.7. The fourth-order valence-corrected chi connectivity index (χ4v) is 9.78. The van der Waals surface area contributed by atoms with E-state index in [2.05, 4.69) is 86.8 Å². The van der Waals surface area contributed by atoms with E-state index in [1.165, 1.54) is 205 Å². The number of hydrogen-bond acceptors (Lipinski definition) is 8. The van der Waals surface area contributed by atoms with E-state index in [-0.39, 0.29) is 38.6 Å². The number of carboxylic acids is 1. The van der Waals surface area contributed by atoms with Crippen molar-refractivity contribution in [2.75, 3.05) is 47.5 Å². The highest BCUT2D eigenvalue weighted by atomic mass is 16.7. The van der Waals surface area contributed by atoms with Crippen LogP contribution >= 0.6 is 0 Å². The van der Waals surface area contributed by atoms with Crippen molar-refractivity contribution in [3.05, 3.63) is 72.9 Å². The zero-order chi connectivity index (χ0) is 59.1. The molecule has 0 aliphatic heterocycles. The maximum absolute atomic E-state index is 12.9. The van der Waals surface area contributed by atoms with E-state index in [9.17, 15) is 19.5 Å². The highest BCUT2D eigenvalue weighted by molar-refractivity contribution is 5.70. The van der Waals surface area contributed by atoms with Crippen molar-refractivity contribution in [2.24, 2.45) is 0 Å². The molecular weight excluding hydrogens is 1010 g/mol. The number of rotatable bonds is 63. The molecule has 0 saturated carbocycles. The van der Waals surface area contributed by atoms with Crippen LogP contribution < -0.4 is 5.11 Å². The number of aliphatic carboxylic acids is 1. The van der Waals surface area contributed by atoms with Crippen molar-refractivity contribution in [3.63, 3.8) is 0 Å². The lowest BCUT2D eigenvalue weighted by Gasteiger charge is -2.26. The maximum atomic E-state index is 12.9. The molecule has 0 aromatic rings. The molecule has 0 spiro atoms. The fourth-order valence-electron chi connectivity index (χ4n) is 9.78. The van der Waals surface area contributed by atoms with Crippen LogP contribution in [0, 0.1) is 0 Å². The van der Waals surface area contributed by atoms with Crippen LogP contribution in [0.25, 0.3) is 0 Å². The first-order valence-corrected chi connectivity index (χ1v) is 34.1. The van der Waals surface area contributed by atoms with Crippen LogP contribution in [0.3, 0.4) is 0 Å². The summed E-state index contributed by atoms with van der Waals surface area (Å²) in [6, 6.07) is 0. The van der Waals surface area contributed by atoms with E-state index in [4.69, 9.17) is 18.9 Å². The first kappa shape index (κ1) is 77.7. The maximum Gasteiger partial charge on any atom is 0.306 e. The molecular formula is C72H129NO8. The molecule has 81 heavy (non-hydrogen) atoms. The predicted molar refractivity (Wildman–Crippen MR) is 343 cm³/mol. The number of quaternary nitrogens is 1. The first-order valence-electron chi connectivity index (χ1n) is 34.1. The third-order valence-electron chi connectivity index (χ3n) is 15.0. The molecule has 2 atom stereocenters. The molecule has 9 heteroatoms. The Labute approximate surface area is 500 Å². The van der Waals surface area contributed by atoms with Crippen molar-refractivity contribution in [2.45, 2.75) is 322 Å². The van der Waals surface area contributed by atoms with Crippen LogP contribution in [-0.2, 0) is 33.3 Å². The lowest BCUT2D eigenvalue weighted by molar-refractivity contribution is -0.870. The summed E-state index contributed by atoms with van der Waals surface area (Å²) in [6.45, 7) is 4.62. The Bertz CT molecular complexity index is 1560. The molecule has 0 rings (SSSR count). The van der Waals surface area contributed by atoms with Gasteiger partial charge in [0.15, 0.2) is 12.4 Å². The highest BCUT2D eigenvalue weighted by Crippen LogP contribution is 2.18. The topological polar surface area (TPSA) is 111 Å². The summed E-state index contributed by atoms with van der Waals surface area (Å²) in [5, 5.41) is 11.8. The Morgan fingerprint density at radius 3 is 1.05 bits per heavy atom. The smallest absolute Gasteiger partial charge is 0.306 e. The van der Waals surface area contributed by atoms with Crippen molar-refractivity contribution >= 4 is 17.9 Å². The quantitative estimate of drug-likeness (QED) is 0.0195. The summed E-state index contributed by atoms with van der Waals surface area (Å²) in [4.78, 5) is 37.4. The summed E-state index contributed by atoms with van der Waals surface area (Å²) in [5.41, 5.74) is 0. The lowest BCUT2D eigenvalue weighted by Crippen LogP contribution is -2.44. The summed E-state index contributed by atoms with van der Waals surface area (Å²) in [7, 11) is 5.91. The molecule has 2 unspecified atom stereocenters. The largest absolute Gasteiger partial charge is 0.545 e. The highest BCUT2D eigenvalue weighted by Gasteiger charge is 2.22.